The van der Waals surface area contributed by atoms with Gasteiger partial charge >= 0.3 is 11.4 Å². The molecule has 0 radical (unpaired) electrons. The first-order valence-electron chi connectivity index (χ1n) is 5.65. The van der Waals surface area contributed by atoms with Gasteiger partial charge < -0.3 is 9.73 Å². The second-order valence-electron chi connectivity index (χ2n) is 3.91. The molecular formula is C13H12N2O4. The number of hydrogen-bond acceptors (Lipinski definition) is 4. The van der Waals surface area contributed by atoms with Crippen LogP contribution in [0.5, 0.6) is 0 Å². The van der Waals surface area contributed by atoms with Crippen LogP contribution in [0.3, 0.4) is 0 Å². The number of nitrogens with one attached hydrogen (secondary N) is 2. The highest BCUT2D eigenvalue weighted by Gasteiger charge is 2.05. The summed E-state index contributed by atoms with van der Waals surface area (Å²) in [6.07, 6.45) is 3.40. The van der Waals surface area contributed by atoms with Gasteiger partial charge in [-0.1, -0.05) is 24.3 Å². The maximum Gasteiger partial charge on any atom is 0.419 e. The Morgan fingerprint density at radius 2 is 2.21 bits per heavy atom. The van der Waals surface area contributed by atoms with Crippen LogP contribution in [0.4, 0.5) is 0 Å². The first-order chi connectivity index (χ1) is 9.08. The van der Waals surface area contributed by atoms with Gasteiger partial charge in [-0.05, 0) is 11.6 Å². The van der Waals surface area contributed by atoms with E-state index in [0.29, 0.717) is 23.0 Å². The zero-order valence-electron chi connectivity index (χ0n) is 10.2. The smallest absolute Gasteiger partial charge is 0.372 e. The van der Waals surface area contributed by atoms with Gasteiger partial charge in [0.25, 0.3) is 0 Å². The lowest BCUT2D eigenvalue weighted by atomic mass is 10.1. The Labute approximate surface area is 107 Å². The fourth-order valence-corrected chi connectivity index (χ4v) is 1.70. The standard InChI is InChI=1S/C13H12N2O4/c1-8(16)14-7-3-5-9-4-2-6-10-11(9)12(17)19-13(18)15-10/h2-6H,7H2,1H3,(H,14,16)(H,15,18). The van der Waals surface area contributed by atoms with Crippen molar-refractivity contribution in [3.05, 3.63) is 50.8 Å². The summed E-state index contributed by atoms with van der Waals surface area (Å²) in [5.41, 5.74) is 0.356. The molecule has 0 bridgehead atoms. The Morgan fingerprint density at radius 3 is 2.95 bits per heavy atom. The second kappa shape index (κ2) is 5.34. The quantitative estimate of drug-likeness (QED) is 0.846. The molecule has 0 aliphatic carbocycles. The molecule has 0 saturated heterocycles. The predicted molar refractivity (Wildman–Crippen MR) is 70.8 cm³/mol. The lowest BCUT2D eigenvalue weighted by Crippen LogP contribution is -2.19. The van der Waals surface area contributed by atoms with E-state index in [2.05, 4.69) is 14.7 Å². The Hall–Kier alpha value is -2.63. The molecule has 0 saturated carbocycles. The number of rotatable bonds is 3. The number of carbonyl (C=O) groups is 1. The van der Waals surface area contributed by atoms with Crippen LogP contribution in [-0.2, 0) is 4.79 Å². The van der Waals surface area contributed by atoms with Gasteiger partial charge in [0, 0.05) is 13.5 Å². The van der Waals surface area contributed by atoms with Gasteiger partial charge in [-0.15, -0.1) is 0 Å². The average Bonchev–Trinajstić information content (AvgIpc) is 2.33. The van der Waals surface area contributed by atoms with E-state index < -0.39 is 11.4 Å². The number of benzene rings is 1. The summed E-state index contributed by atoms with van der Waals surface area (Å²) < 4.78 is 4.51. The molecule has 0 fully saturated rings. The van der Waals surface area contributed by atoms with Crippen LogP contribution in [0.2, 0.25) is 0 Å². The van der Waals surface area contributed by atoms with Crippen molar-refractivity contribution in [1.29, 1.82) is 0 Å². The highest BCUT2D eigenvalue weighted by molar-refractivity contribution is 5.86. The molecule has 2 N–H and O–H groups in total. The maximum atomic E-state index is 11.7. The maximum absolute atomic E-state index is 11.7. The molecule has 6 heteroatoms. The van der Waals surface area contributed by atoms with E-state index in [1.807, 2.05) is 0 Å². The number of aromatic amines is 1. The van der Waals surface area contributed by atoms with Crippen molar-refractivity contribution in [2.75, 3.05) is 6.54 Å². The van der Waals surface area contributed by atoms with Gasteiger partial charge in [0.15, 0.2) is 0 Å². The molecule has 0 atom stereocenters. The second-order valence-corrected chi connectivity index (χ2v) is 3.91. The molecule has 1 aromatic carbocycles. The largest absolute Gasteiger partial charge is 0.419 e. The summed E-state index contributed by atoms with van der Waals surface area (Å²) in [5.74, 6) is -0.914. The Balaban J connectivity index is 2.41. The molecule has 1 heterocycles. The molecule has 1 aromatic heterocycles. The van der Waals surface area contributed by atoms with E-state index in [-0.39, 0.29) is 5.91 Å². The number of H-pyrrole nitrogens is 1. The van der Waals surface area contributed by atoms with Crippen LogP contribution in [0.1, 0.15) is 12.5 Å². The third-order valence-corrected chi connectivity index (χ3v) is 2.49. The topological polar surface area (TPSA) is 92.2 Å². The van der Waals surface area contributed by atoms with Gasteiger partial charge in [0.05, 0.1) is 10.9 Å². The normalized spacial score (nSPS) is 11.0. The minimum atomic E-state index is -0.781. The monoisotopic (exact) mass is 260 g/mol. The van der Waals surface area contributed by atoms with E-state index >= 15 is 0 Å². The molecule has 0 aliphatic rings. The van der Waals surface area contributed by atoms with Crippen molar-refractivity contribution in [1.82, 2.24) is 10.3 Å². The predicted octanol–water partition coefficient (Wildman–Crippen LogP) is 0.631. The summed E-state index contributed by atoms with van der Waals surface area (Å²) in [6.45, 7) is 1.78. The van der Waals surface area contributed by atoms with Crippen molar-refractivity contribution < 1.29 is 9.21 Å². The van der Waals surface area contributed by atoms with Gasteiger partial charge in [0.1, 0.15) is 0 Å². The van der Waals surface area contributed by atoms with Crippen LogP contribution < -0.4 is 16.7 Å². The number of aromatic nitrogens is 1. The van der Waals surface area contributed by atoms with E-state index in [4.69, 9.17) is 0 Å². The van der Waals surface area contributed by atoms with Gasteiger partial charge in [0.2, 0.25) is 5.91 Å². The van der Waals surface area contributed by atoms with Crippen LogP contribution in [0, 0.1) is 0 Å². The van der Waals surface area contributed by atoms with Gasteiger partial charge in [-0.3, -0.25) is 9.78 Å². The number of fused-ring (bicyclic) bond motifs is 1. The lowest BCUT2D eigenvalue weighted by molar-refractivity contribution is -0.118. The summed E-state index contributed by atoms with van der Waals surface area (Å²) >= 11 is 0. The number of carbonyl (C=O) groups excluding carboxylic acids is 1. The molecule has 1 amide bonds. The minimum Gasteiger partial charge on any atom is -0.372 e. The lowest BCUT2D eigenvalue weighted by Gasteiger charge is -2.00. The van der Waals surface area contributed by atoms with E-state index in [0.717, 1.165) is 0 Å². The molecule has 98 valence electrons. The SMILES string of the molecule is CC(=O)NCC=Cc1cccc2[nH]c(=O)oc(=O)c12. The van der Waals surface area contributed by atoms with E-state index in [9.17, 15) is 14.4 Å². The fourth-order valence-electron chi connectivity index (χ4n) is 1.70. The molecule has 0 spiro atoms. The van der Waals surface area contributed by atoms with Gasteiger partial charge in [-0.2, -0.15) is 0 Å². The summed E-state index contributed by atoms with van der Waals surface area (Å²) in [5, 5.41) is 2.91. The van der Waals surface area contributed by atoms with Gasteiger partial charge in [-0.25, -0.2) is 9.59 Å². The summed E-state index contributed by atoms with van der Waals surface area (Å²) in [6, 6.07) is 5.07. The van der Waals surface area contributed by atoms with Crippen LogP contribution in [0.15, 0.2) is 38.3 Å². The Morgan fingerprint density at radius 1 is 1.42 bits per heavy atom. The first kappa shape index (κ1) is 12.8. The number of amides is 1. The van der Waals surface area contributed by atoms with Crippen molar-refractivity contribution >= 4 is 22.9 Å². The van der Waals surface area contributed by atoms with Crippen molar-refractivity contribution in [3.8, 4) is 0 Å². The summed E-state index contributed by atoms with van der Waals surface area (Å²) in [4.78, 5) is 35.9. The third-order valence-electron chi connectivity index (χ3n) is 2.49. The van der Waals surface area contributed by atoms with E-state index in [1.165, 1.54) is 6.92 Å². The molecule has 6 nitrogen and oxygen atoms in total. The van der Waals surface area contributed by atoms with E-state index in [1.54, 1.807) is 30.4 Å². The highest BCUT2D eigenvalue weighted by atomic mass is 16.4. The molecule has 2 rings (SSSR count). The average molecular weight is 260 g/mol. The minimum absolute atomic E-state index is 0.133. The van der Waals surface area contributed by atoms with Crippen LogP contribution >= 0.6 is 0 Å². The molecule has 19 heavy (non-hydrogen) atoms. The third kappa shape index (κ3) is 2.98. The zero-order chi connectivity index (χ0) is 13.8. The van der Waals surface area contributed by atoms with Crippen molar-refractivity contribution in [2.45, 2.75) is 6.92 Å². The van der Waals surface area contributed by atoms with Crippen LogP contribution in [0.25, 0.3) is 17.0 Å². The Kier molecular flexibility index (Phi) is 3.61. The summed E-state index contributed by atoms with van der Waals surface area (Å²) in [7, 11) is 0. The Bertz CT molecular complexity index is 755. The molecule has 2 aromatic rings. The fraction of sp³-hybridized carbons (Fsp3) is 0.154. The van der Waals surface area contributed by atoms with Crippen LogP contribution in [-0.4, -0.2) is 17.4 Å². The number of hydrogen-bond donors (Lipinski definition) is 2. The zero-order valence-corrected chi connectivity index (χ0v) is 10.2. The van der Waals surface area contributed by atoms with Crippen molar-refractivity contribution in [2.24, 2.45) is 0 Å². The van der Waals surface area contributed by atoms with Crippen molar-refractivity contribution in [3.63, 3.8) is 0 Å². The molecular weight excluding hydrogens is 248 g/mol. The molecule has 0 unspecified atom stereocenters. The molecule has 0 aliphatic heterocycles. The first-order valence-corrected chi connectivity index (χ1v) is 5.65. The highest BCUT2D eigenvalue weighted by Crippen LogP contribution is 2.13.